The third-order valence-electron chi connectivity index (χ3n) is 6.36. The second kappa shape index (κ2) is 10.6. The molecule has 4 rings (SSSR count). The Labute approximate surface area is 211 Å². The number of aliphatic hydroxyl groups is 1. The molecule has 0 spiro atoms. The van der Waals surface area contributed by atoms with Crippen molar-refractivity contribution >= 4 is 5.97 Å². The van der Waals surface area contributed by atoms with E-state index in [-0.39, 0.29) is 35.6 Å². The van der Waals surface area contributed by atoms with Gasteiger partial charge in [0.2, 0.25) is 0 Å². The molecule has 192 valence electrons. The molecule has 9 heteroatoms. The van der Waals surface area contributed by atoms with E-state index in [4.69, 9.17) is 9.84 Å². The first kappa shape index (κ1) is 26.2. The Bertz CT molecular complexity index is 1310. The van der Waals surface area contributed by atoms with E-state index >= 15 is 0 Å². The lowest BCUT2D eigenvalue weighted by Gasteiger charge is -2.21. The molecule has 0 heterocycles. The third kappa shape index (κ3) is 6.67. The summed E-state index contributed by atoms with van der Waals surface area (Å²) in [6.07, 6.45) is -3.30. The van der Waals surface area contributed by atoms with E-state index in [1.54, 1.807) is 36.4 Å². The Balaban J connectivity index is 1.35. The van der Waals surface area contributed by atoms with Gasteiger partial charge in [-0.1, -0.05) is 36.4 Å². The predicted molar refractivity (Wildman–Crippen MR) is 130 cm³/mol. The van der Waals surface area contributed by atoms with E-state index in [1.165, 1.54) is 18.2 Å². The van der Waals surface area contributed by atoms with Crippen molar-refractivity contribution < 1.29 is 32.9 Å². The van der Waals surface area contributed by atoms with Crippen molar-refractivity contribution in [1.82, 2.24) is 5.32 Å². The van der Waals surface area contributed by atoms with E-state index < -0.39 is 23.8 Å². The summed E-state index contributed by atoms with van der Waals surface area (Å²) in [4.78, 5) is 11.1. The summed E-state index contributed by atoms with van der Waals surface area (Å²) in [6.45, 7) is 0.0832. The first-order valence-electron chi connectivity index (χ1n) is 11.7. The number of aliphatic hydroxyl groups excluding tert-OH is 1. The zero-order chi connectivity index (χ0) is 26.6. The average molecular weight is 511 g/mol. The molecule has 0 unspecified atom stereocenters. The zero-order valence-electron chi connectivity index (χ0n) is 19.8. The Hall–Kier alpha value is -3.87. The number of nitrogens with one attached hydrogen (secondary N) is 1. The van der Waals surface area contributed by atoms with Gasteiger partial charge >= 0.3 is 12.1 Å². The minimum atomic E-state index is -4.39. The van der Waals surface area contributed by atoms with Gasteiger partial charge in [-0.3, -0.25) is 0 Å². The molecule has 0 radical (unpaired) electrons. The van der Waals surface area contributed by atoms with Crippen LogP contribution in [0.5, 0.6) is 5.75 Å². The van der Waals surface area contributed by atoms with Crippen LogP contribution in [0.4, 0.5) is 13.2 Å². The number of carbonyl (C=O) groups is 1. The normalized spacial score (nSPS) is 15.0. The predicted octanol–water partition coefficient (Wildman–Crippen LogP) is 5.05. The number of aromatic carboxylic acids is 1. The van der Waals surface area contributed by atoms with E-state index in [2.05, 4.69) is 11.4 Å². The fourth-order valence-corrected chi connectivity index (χ4v) is 4.11. The van der Waals surface area contributed by atoms with Crippen LogP contribution in [0.3, 0.4) is 0 Å². The summed E-state index contributed by atoms with van der Waals surface area (Å²) in [5.74, 6) is -0.743. The van der Waals surface area contributed by atoms with Crippen molar-refractivity contribution in [3.8, 4) is 22.9 Å². The molecular formula is C28H25F3N2O4. The van der Waals surface area contributed by atoms with Gasteiger partial charge < -0.3 is 20.3 Å². The van der Waals surface area contributed by atoms with Crippen molar-refractivity contribution in [2.75, 3.05) is 13.2 Å². The molecule has 0 saturated heterocycles. The number of carboxylic acids is 1. The first-order valence-corrected chi connectivity index (χ1v) is 11.7. The number of nitrogens with zero attached hydrogens (tertiary/aromatic N) is 1. The number of hydrogen-bond donors (Lipinski definition) is 3. The van der Waals surface area contributed by atoms with Crippen LogP contribution in [0.25, 0.3) is 11.1 Å². The summed E-state index contributed by atoms with van der Waals surface area (Å²) in [7, 11) is 0. The molecule has 3 N–H and O–H groups in total. The summed E-state index contributed by atoms with van der Waals surface area (Å²) in [5.41, 5.74) is 1.45. The number of benzene rings is 3. The summed E-state index contributed by atoms with van der Waals surface area (Å²) in [6, 6.07) is 18.6. The highest BCUT2D eigenvalue weighted by Crippen LogP contribution is 2.39. The summed E-state index contributed by atoms with van der Waals surface area (Å²) >= 11 is 0. The van der Waals surface area contributed by atoms with E-state index in [1.807, 2.05) is 0 Å². The smallest absolute Gasteiger partial charge is 0.416 e. The molecule has 1 atom stereocenters. The van der Waals surface area contributed by atoms with Crippen molar-refractivity contribution in [2.45, 2.75) is 37.1 Å². The standard InChI is InChI=1S/C28H25F3N2O4/c29-28(30,31)23-3-1-2-18(12-23)14-27(10-11-27)33-16-24(34)17-37-25-13-21(8-9-22(25)15-32)19-4-6-20(7-5-19)26(35)36/h1-9,12-13,24,33-34H,10-11,14,16-17H2,(H,35,36)/t24-/m1/s1. The summed E-state index contributed by atoms with van der Waals surface area (Å²) < 4.78 is 44.8. The Morgan fingerprint density at radius 2 is 1.78 bits per heavy atom. The Morgan fingerprint density at radius 1 is 1.08 bits per heavy atom. The van der Waals surface area contributed by atoms with Crippen LogP contribution < -0.4 is 10.1 Å². The molecule has 0 aliphatic heterocycles. The minimum Gasteiger partial charge on any atom is -0.489 e. The molecular weight excluding hydrogens is 485 g/mol. The van der Waals surface area contributed by atoms with Gasteiger partial charge in [0.25, 0.3) is 0 Å². The topological polar surface area (TPSA) is 103 Å². The maximum Gasteiger partial charge on any atom is 0.416 e. The number of carboxylic acid groups (broad SMARTS) is 1. The fourth-order valence-electron chi connectivity index (χ4n) is 4.11. The van der Waals surface area contributed by atoms with Gasteiger partial charge in [0, 0.05) is 12.1 Å². The quantitative estimate of drug-likeness (QED) is 0.353. The van der Waals surface area contributed by atoms with Gasteiger partial charge in [-0.25, -0.2) is 4.79 Å². The highest BCUT2D eigenvalue weighted by atomic mass is 19.4. The molecule has 1 fully saturated rings. The molecule has 0 bridgehead atoms. The first-order chi connectivity index (χ1) is 17.6. The number of hydrogen-bond acceptors (Lipinski definition) is 5. The fraction of sp³-hybridized carbons (Fsp3) is 0.286. The number of nitriles is 1. The average Bonchev–Trinajstić information content (AvgIpc) is 3.65. The maximum atomic E-state index is 13.0. The van der Waals surface area contributed by atoms with E-state index in [9.17, 15) is 28.3 Å². The number of β-amino-alcohol motifs (C(OH)–C–C–N with tert-alkyl or cyclic N) is 1. The molecule has 3 aromatic carbocycles. The molecule has 1 aliphatic carbocycles. The highest BCUT2D eigenvalue weighted by Gasteiger charge is 2.42. The molecule has 0 amide bonds. The number of halogens is 3. The van der Waals surface area contributed by atoms with Crippen LogP contribution in [0.15, 0.2) is 66.7 Å². The zero-order valence-corrected chi connectivity index (χ0v) is 19.8. The Morgan fingerprint density at radius 3 is 2.41 bits per heavy atom. The lowest BCUT2D eigenvalue weighted by Crippen LogP contribution is -2.40. The van der Waals surface area contributed by atoms with Crippen molar-refractivity contribution in [3.63, 3.8) is 0 Å². The second-order valence-electron chi connectivity index (χ2n) is 9.21. The molecule has 3 aromatic rings. The van der Waals surface area contributed by atoms with Gasteiger partial charge in [-0.05, 0) is 66.3 Å². The number of ether oxygens (including phenoxy) is 1. The van der Waals surface area contributed by atoms with Gasteiger partial charge in [0.15, 0.2) is 0 Å². The second-order valence-corrected chi connectivity index (χ2v) is 9.21. The van der Waals surface area contributed by atoms with Gasteiger partial charge in [-0.2, -0.15) is 18.4 Å². The monoisotopic (exact) mass is 510 g/mol. The number of alkyl halides is 3. The van der Waals surface area contributed by atoms with Gasteiger partial charge in [0.1, 0.15) is 24.5 Å². The lowest BCUT2D eigenvalue weighted by molar-refractivity contribution is -0.137. The van der Waals surface area contributed by atoms with Gasteiger partial charge in [-0.15, -0.1) is 0 Å². The van der Waals surface area contributed by atoms with E-state index in [0.29, 0.717) is 12.0 Å². The SMILES string of the molecule is N#Cc1ccc(-c2ccc(C(=O)O)cc2)cc1OC[C@H](O)CNC1(Cc2cccc(C(F)(F)F)c2)CC1. The summed E-state index contributed by atoms with van der Waals surface area (Å²) in [5, 5.41) is 32.2. The minimum absolute atomic E-state index is 0.0945. The van der Waals surface area contributed by atoms with Crippen LogP contribution in [0.2, 0.25) is 0 Å². The number of rotatable bonds is 10. The molecule has 1 aliphatic rings. The van der Waals surface area contributed by atoms with Crippen LogP contribution in [-0.4, -0.2) is 41.0 Å². The van der Waals surface area contributed by atoms with Crippen molar-refractivity contribution in [1.29, 1.82) is 5.26 Å². The van der Waals surface area contributed by atoms with Crippen LogP contribution in [0.1, 0.15) is 39.9 Å². The molecule has 37 heavy (non-hydrogen) atoms. The third-order valence-corrected chi connectivity index (χ3v) is 6.36. The van der Waals surface area contributed by atoms with E-state index in [0.717, 1.165) is 36.1 Å². The Kier molecular flexibility index (Phi) is 7.52. The van der Waals surface area contributed by atoms with Gasteiger partial charge in [0.05, 0.1) is 16.7 Å². The van der Waals surface area contributed by atoms with Crippen LogP contribution >= 0.6 is 0 Å². The van der Waals surface area contributed by atoms with Crippen LogP contribution in [-0.2, 0) is 12.6 Å². The van der Waals surface area contributed by atoms with Crippen molar-refractivity contribution in [3.05, 3.63) is 89.0 Å². The molecule has 6 nitrogen and oxygen atoms in total. The largest absolute Gasteiger partial charge is 0.489 e. The highest BCUT2D eigenvalue weighted by molar-refractivity contribution is 5.88. The van der Waals surface area contributed by atoms with Crippen molar-refractivity contribution in [2.24, 2.45) is 0 Å². The molecule has 1 saturated carbocycles. The maximum absolute atomic E-state index is 13.0. The molecule has 0 aromatic heterocycles. The lowest BCUT2D eigenvalue weighted by atomic mass is 10.0. The van der Waals surface area contributed by atoms with Crippen LogP contribution in [0, 0.1) is 11.3 Å².